The number of hydrogen-bond acceptors (Lipinski definition) is 3. The molecule has 4 nitrogen and oxygen atoms in total. The third kappa shape index (κ3) is 1.79. The molecule has 3 aromatic rings. The van der Waals surface area contributed by atoms with Crippen molar-refractivity contribution in [2.24, 2.45) is 5.73 Å². The molecule has 0 unspecified atom stereocenters. The normalized spacial score (nSPS) is 10.9. The Labute approximate surface area is 98.8 Å². The first-order valence-electron chi connectivity index (χ1n) is 5.46. The van der Waals surface area contributed by atoms with E-state index in [4.69, 9.17) is 5.73 Å². The van der Waals surface area contributed by atoms with Crippen LogP contribution >= 0.6 is 0 Å². The van der Waals surface area contributed by atoms with E-state index >= 15 is 0 Å². The van der Waals surface area contributed by atoms with Crippen molar-refractivity contribution in [2.75, 3.05) is 0 Å². The van der Waals surface area contributed by atoms with E-state index in [-0.39, 0.29) is 0 Å². The lowest BCUT2D eigenvalue weighted by molar-refractivity contribution is 1.01. The maximum absolute atomic E-state index is 5.57. The molecule has 0 aliphatic heterocycles. The Morgan fingerprint density at radius 3 is 2.76 bits per heavy atom. The molecule has 0 aliphatic rings. The van der Waals surface area contributed by atoms with Gasteiger partial charge in [0.25, 0.3) is 0 Å². The van der Waals surface area contributed by atoms with Gasteiger partial charge in [0.15, 0.2) is 0 Å². The molecular weight excluding hydrogens is 212 g/mol. The summed E-state index contributed by atoms with van der Waals surface area (Å²) >= 11 is 0. The largest absolute Gasteiger partial charge is 0.325 e. The van der Waals surface area contributed by atoms with E-state index in [2.05, 4.69) is 9.97 Å². The van der Waals surface area contributed by atoms with Gasteiger partial charge in [0.05, 0.1) is 11.4 Å². The third-order valence-electron chi connectivity index (χ3n) is 2.68. The molecule has 0 spiro atoms. The zero-order chi connectivity index (χ0) is 11.7. The van der Waals surface area contributed by atoms with Crippen LogP contribution in [0.15, 0.2) is 48.9 Å². The molecule has 0 radical (unpaired) electrons. The van der Waals surface area contributed by atoms with Gasteiger partial charge in [0.1, 0.15) is 12.0 Å². The molecular formula is C13H12N4. The summed E-state index contributed by atoms with van der Waals surface area (Å²) in [6.45, 7) is 0.447. The van der Waals surface area contributed by atoms with Crippen LogP contribution in [0.5, 0.6) is 0 Å². The molecule has 17 heavy (non-hydrogen) atoms. The van der Waals surface area contributed by atoms with Gasteiger partial charge in [-0.25, -0.2) is 9.97 Å². The molecule has 4 heteroatoms. The number of benzene rings is 1. The van der Waals surface area contributed by atoms with Crippen LogP contribution in [0.2, 0.25) is 0 Å². The predicted molar refractivity (Wildman–Crippen MR) is 66.3 cm³/mol. The van der Waals surface area contributed by atoms with Gasteiger partial charge in [-0.2, -0.15) is 0 Å². The van der Waals surface area contributed by atoms with Crippen molar-refractivity contribution >= 4 is 5.65 Å². The number of rotatable bonds is 2. The maximum Gasteiger partial charge on any atom is 0.140 e. The van der Waals surface area contributed by atoms with Crippen LogP contribution in [-0.2, 0) is 6.54 Å². The summed E-state index contributed by atoms with van der Waals surface area (Å²) in [6.07, 6.45) is 3.67. The number of hydrogen-bond donors (Lipinski definition) is 1. The summed E-state index contributed by atoms with van der Waals surface area (Å²) in [5.74, 6) is 0. The molecule has 0 aliphatic carbocycles. The molecule has 2 aromatic heterocycles. The van der Waals surface area contributed by atoms with E-state index in [1.165, 1.54) is 0 Å². The average Bonchev–Trinajstić information content (AvgIpc) is 2.81. The van der Waals surface area contributed by atoms with Crippen molar-refractivity contribution in [1.82, 2.24) is 14.4 Å². The summed E-state index contributed by atoms with van der Waals surface area (Å²) in [4.78, 5) is 8.82. The molecule has 0 atom stereocenters. The van der Waals surface area contributed by atoms with Crippen molar-refractivity contribution in [3.63, 3.8) is 0 Å². The minimum Gasteiger partial charge on any atom is -0.325 e. The molecule has 3 rings (SSSR count). The second-order valence-electron chi connectivity index (χ2n) is 3.84. The third-order valence-corrected chi connectivity index (χ3v) is 2.68. The van der Waals surface area contributed by atoms with Gasteiger partial charge in [0, 0.05) is 24.4 Å². The molecule has 0 fully saturated rings. The Kier molecular flexibility index (Phi) is 2.34. The van der Waals surface area contributed by atoms with E-state index < -0.39 is 0 Å². The average molecular weight is 224 g/mol. The van der Waals surface area contributed by atoms with Gasteiger partial charge in [0.2, 0.25) is 0 Å². The smallest absolute Gasteiger partial charge is 0.140 e. The summed E-state index contributed by atoms with van der Waals surface area (Å²) < 4.78 is 1.88. The lowest BCUT2D eigenvalue weighted by atomic mass is 10.1. The number of nitrogens with two attached hydrogens (primary N) is 1. The molecule has 2 heterocycles. The second-order valence-corrected chi connectivity index (χ2v) is 3.84. The molecule has 0 saturated carbocycles. The van der Waals surface area contributed by atoms with E-state index in [0.717, 1.165) is 22.6 Å². The van der Waals surface area contributed by atoms with Crippen molar-refractivity contribution in [3.8, 4) is 11.3 Å². The monoisotopic (exact) mass is 224 g/mol. The number of nitrogens with zero attached hydrogens (tertiary/aromatic N) is 3. The lowest BCUT2D eigenvalue weighted by Crippen LogP contribution is -1.95. The van der Waals surface area contributed by atoms with Gasteiger partial charge in [-0.05, 0) is 0 Å². The van der Waals surface area contributed by atoms with Gasteiger partial charge in [-0.1, -0.05) is 30.3 Å². The first-order valence-corrected chi connectivity index (χ1v) is 5.46. The second kappa shape index (κ2) is 3.99. The highest BCUT2D eigenvalue weighted by Crippen LogP contribution is 2.17. The van der Waals surface area contributed by atoms with Crippen LogP contribution in [0.3, 0.4) is 0 Å². The first-order chi connectivity index (χ1) is 8.36. The highest BCUT2D eigenvalue weighted by molar-refractivity contribution is 5.63. The van der Waals surface area contributed by atoms with Gasteiger partial charge in [-0.3, -0.25) is 4.40 Å². The van der Waals surface area contributed by atoms with Crippen LogP contribution in [-0.4, -0.2) is 14.4 Å². The van der Waals surface area contributed by atoms with Gasteiger partial charge in [-0.15, -0.1) is 0 Å². The van der Waals surface area contributed by atoms with Crippen LogP contribution in [0, 0.1) is 0 Å². The number of imidazole rings is 1. The van der Waals surface area contributed by atoms with Crippen LogP contribution < -0.4 is 5.73 Å². The van der Waals surface area contributed by atoms with Crippen molar-refractivity contribution in [3.05, 3.63) is 54.6 Å². The molecule has 0 bridgehead atoms. The first kappa shape index (κ1) is 9.99. The zero-order valence-electron chi connectivity index (χ0n) is 9.24. The Bertz CT molecular complexity index is 643. The minimum absolute atomic E-state index is 0.447. The Morgan fingerprint density at radius 1 is 1.18 bits per heavy atom. The summed E-state index contributed by atoms with van der Waals surface area (Å²) in [7, 11) is 0. The zero-order valence-corrected chi connectivity index (χ0v) is 9.24. The van der Waals surface area contributed by atoms with E-state index in [1.807, 2.05) is 47.0 Å². The fourth-order valence-corrected chi connectivity index (χ4v) is 1.81. The van der Waals surface area contributed by atoms with Crippen molar-refractivity contribution < 1.29 is 0 Å². The van der Waals surface area contributed by atoms with Crippen LogP contribution in [0.25, 0.3) is 16.9 Å². The Morgan fingerprint density at radius 2 is 2.00 bits per heavy atom. The van der Waals surface area contributed by atoms with Crippen LogP contribution in [0.4, 0.5) is 0 Å². The molecule has 0 saturated heterocycles. The van der Waals surface area contributed by atoms with E-state index in [9.17, 15) is 0 Å². The topological polar surface area (TPSA) is 56.2 Å². The highest BCUT2D eigenvalue weighted by Gasteiger charge is 2.03. The van der Waals surface area contributed by atoms with Crippen molar-refractivity contribution in [1.29, 1.82) is 0 Å². The summed E-state index contributed by atoms with van der Waals surface area (Å²) in [5.41, 5.74) is 9.33. The molecule has 0 amide bonds. The summed E-state index contributed by atoms with van der Waals surface area (Å²) in [6, 6.07) is 12.0. The lowest BCUT2D eigenvalue weighted by Gasteiger charge is -2.00. The van der Waals surface area contributed by atoms with Gasteiger partial charge >= 0.3 is 0 Å². The molecule has 1 aromatic carbocycles. The molecule has 2 N–H and O–H groups in total. The van der Waals surface area contributed by atoms with Crippen molar-refractivity contribution in [2.45, 2.75) is 6.54 Å². The number of aromatic nitrogens is 3. The fourth-order valence-electron chi connectivity index (χ4n) is 1.81. The fraction of sp³-hybridized carbons (Fsp3) is 0.0769. The standard InChI is InChI=1S/C13H12N4/c14-7-11-8-17-9-15-12(6-13(17)16-11)10-4-2-1-3-5-10/h1-6,8-9H,7,14H2. The van der Waals surface area contributed by atoms with E-state index in [0.29, 0.717) is 6.54 Å². The summed E-state index contributed by atoms with van der Waals surface area (Å²) in [5, 5.41) is 0. The minimum atomic E-state index is 0.447. The Balaban J connectivity index is 2.13. The SMILES string of the molecule is NCc1cn2cnc(-c3ccccc3)cc2n1. The van der Waals surface area contributed by atoms with E-state index in [1.54, 1.807) is 6.33 Å². The Hall–Kier alpha value is -2.20. The van der Waals surface area contributed by atoms with Crippen LogP contribution in [0.1, 0.15) is 5.69 Å². The highest BCUT2D eigenvalue weighted by atomic mass is 15.0. The number of fused-ring (bicyclic) bond motifs is 1. The predicted octanol–water partition coefficient (Wildman–Crippen LogP) is 1.85. The molecule has 84 valence electrons. The quantitative estimate of drug-likeness (QED) is 0.722. The maximum atomic E-state index is 5.57. The van der Waals surface area contributed by atoms with Gasteiger partial charge < -0.3 is 5.73 Å².